The fourth-order valence-electron chi connectivity index (χ4n) is 5.86. The van der Waals surface area contributed by atoms with E-state index >= 15 is 0 Å². The van der Waals surface area contributed by atoms with Gasteiger partial charge in [-0.1, -0.05) is 6.42 Å². The Kier molecular flexibility index (Phi) is 12.9. The number of amides is 3. The molecule has 1 aromatic rings. The van der Waals surface area contributed by atoms with Crippen molar-refractivity contribution in [3.05, 3.63) is 33.1 Å². The topological polar surface area (TPSA) is 332 Å². The van der Waals surface area contributed by atoms with Crippen LogP contribution in [0.3, 0.4) is 0 Å². The third-order valence-electron chi connectivity index (χ3n) is 8.19. The molecule has 280 valence electrons. The van der Waals surface area contributed by atoms with Crippen LogP contribution in [-0.4, -0.2) is 117 Å². The van der Waals surface area contributed by atoms with Gasteiger partial charge in [-0.05, 0) is 25.7 Å². The molecule has 0 saturated carbocycles. The standard InChI is InChI=1S/C25H37N5O17P2S/c31-15(5-2-4-9-26-22(37)25(8-3-1-6-17(33)34)20-13(12-50-25)27-23(38)28-20)30-16(32)7-10-29(24(30)39)21-19(36)18(35)14(46-21)11-45-49(43,44)47-48(40,41)42/h7,10,13-14,18-21,35-36H,1-6,8-9,11-12H2,(H,26,37)(H,33,34)(H,43,44)(H2,27,28,38)(H2,40,41,42)/t13?,14-,18-,19-,20?,21-,25+/m1/s1. The molecule has 3 amide bonds. The summed E-state index contributed by atoms with van der Waals surface area (Å²) in [5.74, 6) is -1.78. The Morgan fingerprint density at radius 2 is 1.74 bits per heavy atom. The average molecular weight is 774 g/mol. The van der Waals surface area contributed by atoms with Crippen molar-refractivity contribution >= 4 is 51.2 Å². The Balaban J connectivity index is 1.33. The number of thioether (sulfide) groups is 1. The number of carboxylic acids is 1. The molecule has 22 nitrogen and oxygen atoms in total. The second kappa shape index (κ2) is 16.2. The molecule has 0 aliphatic carbocycles. The summed E-state index contributed by atoms with van der Waals surface area (Å²) in [6.07, 6.45) is -5.19. The molecule has 3 unspecified atom stereocenters. The number of nitrogens with one attached hydrogen (secondary N) is 3. The van der Waals surface area contributed by atoms with Crippen molar-refractivity contribution in [2.75, 3.05) is 18.9 Å². The molecule has 3 saturated heterocycles. The third-order valence-corrected chi connectivity index (χ3v) is 12.0. The van der Waals surface area contributed by atoms with Gasteiger partial charge in [0.1, 0.15) is 23.1 Å². The molecular weight excluding hydrogens is 736 g/mol. The molecule has 9 N–H and O–H groups in total. The highest BCUT2D eigenvalue weighted by molar-refractivity contribution is 8.01. The number of aromatic nitrogens is 2. The third kappa shape index (κ3) is 9.48. The van der Waals surface area contributed by atoms with Gasteiger partial charge in [0.05, 0.1) is 18.7 Å². The van der Waals surface area contributed by atoms with Crippen LogP contribution in [0.1, 0.15) is 56.0 Å². The van der Waals surface area contributed by atoms with E-state index in [1.54, 1.807) is 0 Å². The van der Waals surface area contributed by atoms with Gasteiger partial charge in [0.25, 0.3) is 5.56 Å². The van der Waals surface area contributed by atoms with Crippen molar-refractivity contribution in [3.8, 4) is 0 Å². The fourth-order valence-corrected chi connectivity index (χ4v) is 9.10. The van der Waals surface area contributed by atoms with Crippen molar-refractivity contribution in [3.63, 3.8) is 0 Å². The summed E-state index contributed by atoms with van der Waals surface area (Å²) in [5, 5.41) is 38.1. The molecule has 3 fully saturated rings. The highest BCUT2D eigenvalue weighted by Gasteiger charge is 2.57. The van der Waals surface area contributed by atoms with Gasteiger partial charge in [0.2, 0.25) is 11.8 Å². The van der Waals surface area contributed by atoms with E-state index in [1.807, 2.05) is 0 Å². The second-order valence-corrected chi connectivity index (χ2v) is 15.9. The van der Waals surface area contributed by atoms with Crippen LogP contribution in [0.5, 0.6) is 0 Å². The summed E-state index contributed by atoms with van der Waals surface area (Å²) in [6, 6.07) is -0.375. The molecule has 0 bridgehead atoms. The minimum absolute atomic E-state index is 0.0646. The molecule has 8 atom stereocenters. The molecule has 50 heavy (non-hydrogen) atoms. The van der Waals surface area contributed by atoms with Crippen LogP contribution in [0.2, 0.25) is 0 Å². The summed E-state index contributed by atoms with van der Waals surface area (Å²) < 4.78 is 35.8. The Bertz CT molecular complexity index is 1680. The Labute approximate surface area is 286 Å². The molecular formula is C25H37N5O17P2S. The number of phosphoric acid groups is 2. The number of rotatable bonds is 17. The van der Waals surface area contributed by atoms with Crippen LogP contribution < -0.4 is 27.2 Å². The largest absolute Gasteiger partial charge is 0.481 e. The molecule has 4 rings (SSSR count). The number of hydrogen-bond acceptors (Lipinski definition) is 14. The van der Waals surface area contributed by atoms with Crippen molar-refractivity contribution in [1.29, 1.82) is 0 Å². The van der Waals surface area contributed by atoms with Gasteiger partial charge >= 0.3 is 33.3 Å². The van der Waals surface area contributed by atoms with Crippen LogP contribution in [0.4, 0.5) is 4.79 Å². The van der Waals surface area contributed by atoms with Gasteiger partial charge in [-0.3, -0.25) is 28.3 Å². The minimum Gasteiger partial charge on any atom is -0.481 e. The van der Waals surface area contributed by atoms with E-state index < -0.39 is 86.7 Å². The number of ether oxygens (including phenoxy) is 1. The SMILES string of the molecule is O=C(O)CCCC[C@]1(C(=O)NCCCCC(=O)n2c(=O)ccn([C@@H]3O[C@H](COP(=O)(O)OP(=O)(O)O)[C@@H](O)[C@H]3O)c2=O)SCC2NC(=O)NC21. The zero-order valence-corrected chi connectivity index (χ0v) is 28.7. The average Bonchev–Trinajstić information content (AvgIpc) is 3.64. The van der Waals surface area contributed by atoms with E-state index in [1.165, 1.54) is 11.8 Å². The van der Waals surface area contributed by atoms with Crippen LogP contribution >= 0.6 is 27.4 Å². The maximum absolute atomic E-state index is 13.4. The Morgan fingerprint density at radius 1 is 1.04 bits per heavy atom. The number of aliphatic hydroxyl groups excluding tert-OH is 2. The number of hydrogen-bond donors (Lipinski definition) is 9. The number of carbonyl (C=O) groups excluding carboxylic acids is 3. The summed E-state index contributed by atoms with van der Waals surface area (Å²) in [6.45, 7) is -0.941. The monoisotopic (exact) mass is 773 g/mol. The molecule has 3 aliphatic rings. The minimum atomic E-state index is -5.45. The van der Waals surface area contributed by atoms with Gasteiger partial charge in [-0.15, -0.1) is 11.8 Å². The number of fused-ring (bicyclic) bond motifs is 1. The predicted molar refractivity (Wildman–Crippen MR) is 168 cm³/mol. The molecule has 25 heteroatoms. The number of aliphatic hydroxyl groups is 2. The van der Waals surface area contributed by atoms with Gasteiger partial charge in [0, 0.05) is 37.4 Å². The number of unbranched alkanes of at least 4 members (excludes halogenated alkanes) is 2. The summed E-state index contributed by atoms with van der Waals surface area (Å²) in [4.78, 5) is 102. The molecule has 4 heterocycles. The van der Waals surface area contributed by atoms with E-state index in [-0.39, 0.29) is 48.7 Å². The van der Waals surface area contributed by atoms with Gasteiger partial charge in [0.15, 0.2) is 6.23 Å². The van der Waals surface area contributed by atoms with E-state index in [9.17, 15) is 53.0 Å². The van der Waals surface area contributed by atoms with E-state index in [4.69, 9.17) is 19.6 Å². The van der Waals surface area contributed by atoms with Crippen LogP contribution in [0.15, 0.2) is 21.9 Å². The zero-order valence-electron chi connectivity index (χ0n) is 26.1. The second-order valence-electron chi connectivity index (χ2n) is 11.7. The first-order valence-electron chi connectivity index (χ1n) is 15.2. The lowest BCUT2D eigenvalue weighted by Gasteiger charge is -2.32. The lowest BCUT2D eigenvalue weighted by atomic mass is 9.88. The highest BCUT2D eigenvalue weighted by Crippen LogP contribution is 2.57. The van der Waals surface area contributed by atoms with Gasteiger partial charge in [-0.2, -0.15) is 8.88 Å². The number of phosphoric ester groups is 1. The lowest BCUT2D eigenvalue weighted by molar-refractivity contribution is -0.137. The number of carbonyl (C=O) groups is 4. The van der Waals surface area contributed by atoms with Crippen molar-refractivity contribution in [2.45, 2.75) is 86.3 Å². The summed E-state index contributed by atoms with van der Waals surface area (Å²) >= 11 is 1.36. The van der Waals surface area contributed by atoms with E-state index in [0.717, 1.165) is 12.3 Å². The zero-order chi connectivity index (χ0) is 37.0. The number of urea groups is 1. The first kappa shape index (κ1) is 39.8. The van der Waals surface area contributed by atoms with Gasteiger partial charge < -0.3 is 50.7 Å². The maximum Gasteiger partial charge on any atom is 0.481 e. The van der Waals surface area contributed by atoms with Crippen LogP contribution in [-0.2, 0) is 32.3 Å². The maximum atomic E-state index is 13.4. The quantitative estimate of drug-likeness (QED) is 0.0468. The summed E-state index contributed by atoms with van der Waals surface area (Å²) in [7, 11) is -10.8. The van der Waals surface area contributed by atoms with E-state index in [2.05, 4.69) is 24.8 Å². The normalized spacial score (nSPS) is 28.8. The van der Waals surface area contributed by atoms with Crippen molar-refractivity contribution in [1.82, 2.24) is 25.1 Å². The predicted octanol–water partition coefficient (Wildman–Crippen LogP) is -2.04. The number of nitrogens with zero attached hydrogens (tertiary/aromatic N) is 2. The van der Waals surface area contributed by atoms with E-state index in [0.29, 0.717) is 29.6 Å². The molecule has 0 spiro atoms. The first-order chi connectivity index (χ1) is 23.3. The molecule has 3 aliphatic heterocycles. The first-order valence-corrected chi connectivity index (χ1v) is 19.2. The lowest BCUT2D eigenvalue weighted by Crippen LogP contribution is -2.56. The number of carboxylic acid groups (broad SMARTS) is 1. The molecule has 0 aromatic carbocycles. The van der Waals surface area contributed by atoms with Gasteiger partial charge in [-0.25, -0.2) is 18.7 Å². The summed E-state index contributed by atoms with van der Waals surface area (Å²) in [5.41, 5.74) is -2.27. The van der Waals surface area contributed by atoms with Crippen LogP contribution in [0.25, 0.3) is 0 Å². The molecule has 0 radical (unpaired) electrons. The van der Waals surface area contributed by atoms with Crippen molar-refractivity contribution < 1.29 is 71.9 Å². The fraction of sp³-hybridized carbons (Fsp3) is 0.680. The van der Waals surface area contributed by atoms with Crippen molar-refractivity contribution in [2.24, 2.45) is 0 Å². The highest BCUT2D eigenvalue weighted by atomic mass is 32.2. The Hall–Kier alpha value is -2.95. The smallest absolute Gasteiger partial charge is 0.481 e. The Morgan fingerprint density at radius 3 is 2.42 bits per heavy atom. The number of aliphatic carboxylic acids is 1. The molecule has 1 aromatic heterocycles. The van der Waals surface area contributed by atoms with Crippen LogP contribution in [0, 0.1) is 0 Å².